The van der Waals surface area contributed by atoms with Gasteiger partial charge in [-0.15, -0.1) is 0 Å². The van der Waals surface area contributed by atoms with Crippen molar-refractivity contribution in [3.63, 3.8) is 0 Å². The summed E-state index contributed by atoms with van der Waals surface area (Å²) in [4.78, 5) is 7.55. The van der Waals surface area contributed by atoms with Gasteiger partial charge in [0, 0.05) is 0 Å². The summed E-state index contributed by atoms with van der Waals surface area (Å²) in [6, 6.07) is 1.87. The molecule has 0 aromatic carbocycles. The van der Waals surface area contributed by atoms with Crippen molar-refractivity contribution in [1.29, 1.82) is 5.26 Å². The fraction of sp³-hybridized carbons (Fsp3) is 0.125. The average Bonchev–Trinajstić information content (AvgIpc) is 2.14. The molecule has 0 aliphatic heterocycles. The van der Waals surface area contributed by atoms with E-state index >= 15 is 0 Å². The monoisotopic (exact) mass is 209 g/mol. The van der Waals surface area contributed by atoms with E-state index in [-0.39, 0.29) is 5.69 Å². The van der Waals surface area contributed by atoms with Gasteiger partial charge < -0.3 is 0 Å². The summed E-state index contributed by atoms with van der Waals surface area (Å²) in [6.45, 7) is 1.75. The molecule has 1 heterocycles. The van der Waals surface area contributed by atoms with Crippen LogP contribution < -0.4 is 0 Å². The first-order valence-corrected chi connectivity index (χ1v) is 4.12. The maximum Gasteiger partial charge on any atom is 0.159 e. The van der Waals surface area contributed by atoms with Gasteiger partial charge in [0.05, 0.1) is 22.1 Å². The van der Waals surface area contributed by atoms with Crippen molar-refractivity contribution in [2.45, 2.75) is 6.92 Å². The van der Waals surface area contributed by atoms with Crippen LogP contribution in [0.5, 0.6) is 0 Å². The van der Waals surface area contributed by atoms with Gasteiger partial charge in [-0.1, -0.05) is 11.6 Å². The van der Waals surface area contributed by atoms with Gasteiger partial charge in [-0.2, -0.15) is 10.3 Å². The number of thiocarbonyl (C=S) groups is 1. The highest BCUT2D eigenvalue weighted by atomic mass is 35.5. The summed E-state index contributed by atoms with van der Waals surface area (Å²) >= 11 is 10.3. The Labute approximate surface area is 85.7 Å². The van der Waals surface area contributed by atoms with Gasteiger partial charge in [-0.3, -0.25) is 0 Å². The van der Waals surface area contributed by atoms with Crippen molar-refractivity contribution >= 4 is 34.7 Å². The van der Waals surface area contributed by atoms with Gasteiger partial charge in [-0.05, 0) is 24.7 Å². The molecule has 5 heteroatoms. The van der Waals surface area contributed by atoms with E-state index in [1.54, 1.807) is 6.92 Å². The van der Waals surface area contributed by atoms with Crippen LogP contribution in [0.3, 0.4) is 0 Å². The summed E-state index contributed by atoms with van der Waals surface area (Å²) < 4.78 is 0. The Morgan fingerprint density at radius 3 is 2.92 bits per heavy atom. The summed E-state index contributed by atoms with van der Waals surface area (Å²) in [6.07, 6.45) is 1.44. The molecule has 0 amide bonds. The minimum atomic E-state index is 0.197. The molecule has 3 nitrogen and oxygen atoms in total. The number of hydrogen-bond acceptors (Lipinski definition) is 4. The van der Waals surface area contributed by atoms with Gasteiger partial charge in [0.2, 0.25) is 0 Å². The molecule has 0 saturated carbocycles. The zero-order chi connectivity index (χ0) is 9.84. The first kappa shape index (κ1) is 9.82. The topological polar surface area (TPSA) is 49.0 Å². The number of nitrogens with zero attached hydrogens (tertiary/aromatic N) is 3. The molecule has 1 rings (SSSR count). The third-order valence-electron chi connectivity index (χ3n) is 1.51. The van der Waals surface area contributed by atoms with E-state index in [2.05, 4.69) is 27.4 Å². The van der Waals surface area contributed by atoms with E-state index in [0.717, 1.165) is 0 Å². The normalized spacial score (nSPS) is 8.69. The Hall–Kier alpha value is -1.27. The fourth-order valence-electron chi connectivity index (χ4n) is 0.809. The molecule has 0 radical (unpaired) electrons. The maximum absolute atomic E-state index is 8.60. The van der Waals surface area contributed by atoms with Crippen molar-refractivity contribution < 1.29 is 0 Å². The van der Waals surface area contributed by atoms with E-state index in [4.69, 9.17) is 16.9 Å². The molecule has 0 aliphatic rings. The van der Waals surface area contributed by atoms with Crippen LogP contribution in [0, 0.1) is 18.3 Å². The molecule has 0 bridgehead atoms. The lowest BCUT2D eigenvalue weighted by atomic mass is 10.2. The second kappa shape index (κ2) is 4.11. The van der Waals surface area contributed by atoms with Gasteiger partial charge >= 0.3 is 0 Å². The zero-order valence-electron chi connectivity index (χ0n) is 6.71. The lowest BCUT2D eigenvalue weighted by Gasteiger charge is -2.00. The van der Waals surface area contributed by atoms with Crippen LogP contribution in [0.15, 0.2) is 11.2 Å². The number of halogens is 1. The molecular weight excluding hydrogens is 206 g/mol. The van der Waals surface area contributed by atoms with Crippen LogP contribution in [0.2, 0.25) is 5.02 Å². The highest BCUT2D eigenvalue weighted by molar-refractivity contribution is 7.78. The first-order valence-electron chi connectivity index (χ1n) is 3.33. The molecule has 0 aliphatic carbocycles. The Kier molecular flexibility index (Phi) is 3.10. The van der Waals surface area contributed by atoms with Gasteiger partial charge in [0.25, 0.3) is 0 Å². The quantitative estimate of drug-likeness (QED) is 0.528. The molecule has 1 aromatic heterocycles. The summed E-state index contributed by atoms with van der Waals surface area (Å²) in [5.74, 6) is 0. The van der Waals surface area contributed by atoms with Gasteiger partial charge in [0.1, 0.15) is 6.07 Å². The maximum atomic E-state index is 8.60. The fourth-order valence-corrected chi connectivity index (χ4v) is 1.10. The Morgan fingerprint density at radius 2 is 2.38 bits per heavy atom. The first-order chi connectivity index (χ1) is 6.20. The summed E-state index contributed by atoms with van der Waals surface area (Å²) in [5.41, 5.74) is 1.42. The summed E-state index contributed by atoms with van der Waals surface area (Å²) in [7, 11) is 0. The SMILES string of the molecule is Cc1c(N=C=S)cnc(C#N)c1Cl. The van der Waals surface area contributed by atoms with Crippen LogP contribution in [0.4, 0.5) is 5.69 Å². The molecule has 0 unspecified atom stereocenters. The third-order valence-corrected chi connectivity index (χ3v) is 2.06. The second-order valence-corrected chi connectivity index (χ2v) is 2.81. The predicted octanol–water partition coefficient (Wildman–Crippen LogP) is 2.65. The largest absolute Gasteiger partial charge is 0.242 e. The predicted molar refractivity (Wildman–Crippen MR) is 53.4 cm³/mol. The summed E-state index contributed by atoms with van der Waals surface area (Å²) in [5, 5.41) is 11.1. The van der Waals surface area contributed by atoms with E-state index < -0.39 is 0 Å². The van der Waals surface area contributed by atoms with E-state index in [1.807, 2.05) is 6.07 Å². The molecule has 13 heavy (non-hydrogen) atoms. The molecule has 0 fully saturated rings. The smallest absolute Gasteiger partial charge is 0.159 e. The molecule has 0 spiro atoms. The highest BCUT2D eigenvalue weighted by Gasteiger charge is 2.07. The van der Waals surface area contributed by atoms with Crippen molar-refractivity contribution in [2.75, 3.05) is 0 Å². The zero-order valence-corrected chi connectivity index (χ0v) is 8.28. The van der Waals surface area contributed by atoms with Gasteiger partial charge in [-0.25, -0.2) is 4.98 Å². The Balaban J connectivity index is 3.41. The van der Waals surface area contributed by atoms with Crippen molar-refractivity contribution in [3.05, 3.63) is 22.5 Å². The second-order valence-electron chi connectivity index (χ2n) is 2.25. The highest BCUT2D eigenvalue weighted by Crippen LogP contribution is 2.26. The number of rotatable bonds is 1. The minimum Gasteiger partial charge on any atom is -0.242 e. The number of aliphatic imine (C=N–C) groups is 1. The lowest BCUT2D eigenvalue weighted by Crippen LogP contribution is -1.87. The molecular formula is C8H4ClN3S. The molecule has 0 atom stereocenters. The van der Waals surface area contributed by atoms with Crippen molar-refractivity contribution in [1.82, 2.24) is 4.98 Å². The number of pyridine rings is 1. The number of isothiocyanates is 1. The van der Waals surface area contributed by atoms with Crippen molar-refractivity contribution in [2.24, 2.45) is 4.99 Å². The van der Waals surface area contributed by atoms with E-state index in [1.165, 1.54) is 6.20 Å². The molecule has 1 aromatic rings. The van der Waals surface area contributed by atoms with Crippen molar-refractivity contribution in [3.8, 4) is 6.07 Å². The number of aromatic nitrogens is 1. The van der Waals surface area contributed by atoms with E-state index in [9.17, 15) is 0 Å². The van der Waals surface area contributed by atoms with E-state index in [0.29, 0.717) is 16.3 Å². The van der Waals surface area contributed by atoms with Crippen LogP contribution in [0.1, 0.15) is 11.3 Å². The molecule has 64 valence electrons. The number of hydrogen-bond donors (Lipinski definition) is 0. The average molecular weight is 210 g/mol. The van der Waals surface area contributed by atoms with Gasteiger partial charge in [0.15, 0.2) is 5.69 Å². The third kappa shape index (κ3) is 1.90. The van der Waals surface area contributed by atoms with Crippen LogP contribution in [-0.4, -0.2) is 10.1 Å². The minimum absolute atomic E-state index is 0.197. The Morgan fingerprint density at radius 1 is 1.69 bits per heavy atom. The number of nitriles is 1. The molecule has 0 N–H and O–H groups in total. The van der Waals surface area contributed by atoms with Crippen LogP contribution >= 0.6 is 23.8 Å². The lowest BCUT2D eigenvalue weighted by molar-refractivity contribution is 1.22. The standard InChI is InChI=1S/C8H4ClN3S/c1-5-7(12-4-13)3-11-6(2-10)8(5)9/h3H,1H3. The molecule has 0 saturated heterocycles. The Bertz CT molecular complexity index is 430. The van der Waals surface area contributed by atoms with Crippen LogP contribution in [-0.2, 0) is 0 Å². The van der Waals surface area contributed by atoms with Crippen LogP contribution in [0.25, 0.3) is 0 Å².